The molecule has 5 fully saturated rings. The van der Waals surface area contributed by atoms with Crippen molar-refractivity contribution in [2.45, 2.75) is 70.5 Å². The molecule has 4 aliphatic carbocycles. The standard InChI is InChI=1S/C17H29NO/c1-2-3-15-10-18-11-16(19-15)17-7-12-4-13(8-17)6-14(5-12)9-17/h12-16,18H,2-11H2,1H3. The third-order valence-corrected chi connectivity index (χ3v) is 6.44. The molecule has 0 radical (unpaired) electrons. The second kappa shape index (κ2) is 4.73. The normalized spacial score (nSPS) is 52.6. The van der Waals surface area contributed by atoms with Gasteiger partial charge in [-0.05, 0) is 68.1 Å². The maximum absolute atomic E-state index is 6.55. The molecule has 2 unspecified atom stereocenters. The molecular formula is C17H29NO. The Bertz CT molecular complexity index is 303. The summed E-state index contributed by atoms with van der Waals surface area (Å²) in [7, 11) is 0. The van der Waals surface area contributed by atoms with E-state index in [2.05, 4.69) is 12.2 Å². The molecule has 0 amide bonds. The van der Waals surface area contributed by atoms with Crippen molar-refractivity contribution in [3.8, 4) is 0 Å². The highest BCUT2D eigenvalue weighted by Gasteiger charge is 2.55. The van der Waals surface area contributed by atoms with E-state index in [0.29, 0.717) is 17.6 Å². The van der Waals surface area contributed by atoms with Gasteiger partial charge >= 0.3 is 0 Å². The average molecular weight is 263 g/mol. The van der Waals surface area contributed by atoms with Gasteiger partial charge in [0.25, 0.3) is 0 Å². The van der Waals surface area contributed by atoms with Crippen molar-refractivity contribution < 1.29 is 4.74 Å². The van der Waals surface area contributed by atoms with Crippen LogP contribution < -0.4 is 5.32 Å². The van der Waals surface area contributed by atoms with Crippen LogP contribution in [0.1, 0.15) is 58.3 Å². The predicted octanol–water partition coefficient (Wildman–Crippen LogP) is 3.36. The van der Waals surface area contributed by atoms with Gasteiger partial charge in [-0.15, -0.1) is 0 Å². The smallest absolute Gasteiger partial charge is 0.0760 e. The van der Waals surface area contributed by atoms with Crippen molar-refractivity contribution in [2.75, 3.05) is 13.1 Å². The Hall–Kier alpha value is -0.0800. The van der Waals surface area contributed by atoms with Crippen LogP contribution in [0.4, 0.5) is 0 Å². The Morgan fingerprint density at radius 3 is 2.21 bits per heavy atom. The highest BCUT2D eigenvalue weighted by Crippen LogP contribution is 2.61. The molecule has 1 aliphatic heterocycles. The molecule has 5 rings (SSSR count). The summed E-state index contributed by atoms with van der Waals surface area (Å²) in [5.41, 5.74) is 0.564. The van der Waals surface area contributed by atoms with Gasteiger partial charge in [0.05, 0.1) is 12.2 Å². The van der Waals surface area contributed by atoms with E-state index in [-0.39, 0.29) is 0 Å². The first-order valence-corrected chi connectivity index (χ1v) is 8.63. The van der Waals surface area contributed by atoms with E-state index < -0.39 is 0 Å². The summed E-state index contributed by atoms with van der Waals surface area (Å²) in [6.45, 7) is 4.47. The molecule has 2 atom stereocenters. The van der Waals surface area contributed by atoms with E-state index in [9.17, 15) is 0 Å². The van der Waals surface area contributed by atoms with Gasteiger partial charge in [0.2, 0.25) is 0 Å². The highest BCUT2D eigenvalue weighted by molar-refractivity contribution is 5.05. The van der Waals surface area contributed by atoms with E-state index in [1.54, 1.807) is 0 Å². The summed E-state index contributed by atoms with van der Waals surface area (Å²) in [6, 6.07) is 0. The zero-order valence-electron chi connectivity index (χ0n) is 12.4. The average Bonchev–Trinajstić information content (AvgIpc) is 2.38. The van der Waals surface area contributed by atoms with Gasteiger partial charge in [-0.3, -0.25) is 0 Å². The Morgan fingerprint density at radius 2 is 1.63 bits per heavy atom. The van der Waals surface area contributed by atoms with Crippen LogP contribution in [0.5, 0.6) is 0 Å². The minimum Gasteiger partial charge on any atom is -0.372 e. The fourth-order valence-electron chi connectivity index (χ4n) is 6.13. The molecule has 108 valence electrons. The van der Waals surface area contributed by atoms with Gasteiger partial charge < -0.3 is 10.1 Å². The third-order valence-electron chi connectivity index (χ3n) is 6.44. The molecule has 5 aliphatic rings. The second-order valence-corrected chi connectivity index (χ2v) is 7.97. The van der Waals surface area contributed by atoms with Crippen molar-refractivity contribution in [2.24, 2.45) is 23.2 Å². The monoisotopic (exact) mass is 263 g/mol. The predicted molar refractivity (Wildman–Crippen MR) is 77.0 cm³/mol. The molecule has 1 saturated heterocycles. The number of nitrogens with one attached hydrogen (secondary N) is 1. The molecule has 0 aromatic carbocycles. The summed E-state index contributed by atoms with van der Waals surface area (Å²) in [5.74, 6) is 3.13. The third kappa shape index (κ3) is 2.15. The summed E-state index contributed by atoms with van der Waals surface area (Å²) >= 11 is 0. The van der Waals surface area contributed by atoms with Crippen LogP contribution >= 0.6 is 0 Å². The van der Waals surface area contributed by atoms with Gasteiger partial charge in [-0.25, -0.2) is 0 Å². The SMILES string of the molecule is CCCC1CNCC(C23CC4CC(CC(C4)C2)C3)O1. The van der Waals surface area contributed by atoms with Crippen molar-refractivity contribution >= 4 is 0 Å². The summed E-state index contributed by atoms with van der Waals surface area (Å²) in [4.78, 5) is 0. The van der Waals surface area contributed by atoms with Crippen molar-refractivity contribution in [3.05, 3.63) is 0 Å². The summed E-state index contributed by atoms with van der Waals surface area (Å²) in [5, 5.41) is 3.67. The lowest BCUT2D eigenvalue weighted by Crippen LogP contribution is -2.58. The van der Waals surface area contributed by atoms with Crippen LogP contribution in [0.25, 0.3) is 0 Å². The number of hydrogen-bond acceptors (Lipinski definition) is 2. The van der Waals surface area contributed by atoms with Crippen LogP contribution in [0, 0.1) is 23.2 Å². The molecule has 1 heterocycles. The second-order valence-electron chi connectivity index (χ2n) is 7.97. The van der Waals surface area contributed by atoms with Crippen LogP contribution in [0.15, 0.2) is 0 Å². The molecular weight excluding hydrogens is 234 g/mol. The van der Waals surface area contributed by atoms with Crippen LogP contribution in [0.3, 0.4) is 0 Å². The van der Waals surface area contributed by atoms with Gasteiger partial charge in [-0.1, -0.05) is 13.3 Å². The topological polar surface area (TPSA) is 21.3 Å². The van der Waals surface area contributed by atoms with E-state index in [1.165, 1.54) is 51.4 Å². The van der Waals surface area contributed by atoms with Crippen LogP contribution in [-0.4, -0.2) is 25.3 Å². The summed E-state index contributed by atoms with van der Waals surface area (Å²) in [6.07, 6.45) is 12.5. The Balaban J connectivity index is 1.51. The lowest BCUT2D eigenvalue weighted by atomic mass is 9.48. The fourth-order valence-corrected chi connectivity index (χ4v) is 6.13. The zero-order valence-corrected chi connectivity index (χ0v) is 12.4. The molecule has 4 saturated carbocycles. The fraction of sp³-hybridized carbons (Fsp3) is 1.00. The van der Waals surface area contributed by atoms with E-state index >= 15 is 0 Å². The van der Waals surface area contributed by atoms with Gasteiger partial charge in [-0.2, -0.15) is 0 Å². The molecule has 2 heteroatoms. The molecule has 19 heavy (non-hydrogen) atoms. The molecule has 4 bridgehead atoms. The molecule has 0 aromatic rings. The van der Waals surface area contributed by atoms with Crippen molar-refractivity contribution in [1.29, 1.82) is 0 Å². The Morgan fingerprint density at radius 1 is 1.00 bits per heavy atom. The first-order chi connectivity index (χ1) is 9.27. The maximum Gasteiger partial charge on any atom is 0.0760 e. The lowest BCUT2D eigenvalue weighted by Gasteiger charge is -2.60. The van der Waals surface area contributed by atoms with E-state index in [4.69, 9.17) is 4.74 Å². The van der Waals surface area contributed by atoms with Gasteiger partial charge in [0.15, 0.2) is 0 Å². The highest BCUT2D eigenvalue weighted by atomic mass is 16.5. The Labute approximate surface area is 117 Å². The number of hydrogen-bond donors (Lipinski definition) is 1. The van der Waals surface area contributed by atoms with Gasteiger partial charge in [0.1, 0.15) is 0 Å². The largest absolute Gasteiger partial charge is 0.372 e. The summed E-state index contributed by atoms with van der Waals surface area (Å²) < 4.78 is 6.55. The van der Waals surface area contributed by atoms with Gasteiger partial charge in [0, 0.05) is 13.1 Å². The van der Waals surface area contributed by atoms with Crippen LogP contribution in [-0.2, 0) is 4.74 Å². The van der Waals surface area contributed by atoms with Crippen molar-refractivity contribution in [3.63, 3.8) is 0 Å². The minimum atomic E-state index is 0.483. The first kappa shape index (κ1) is 12.6. The first-order valence-electron chi connectivity index (χ1n) is 8.63. The lowest BCUT2D eigenvalue weighted by molar-refractivity contribution is -0.171. The number of morpholine rings is 1. The van der Waals surface area contributed by atoms with Crippen molar-refractivity contribution in [1.82, 2.24) is 5.32 Å². The number of rotatable bonds is 3. The molecule has 0 spiro atoms. The minimum absolute atomic E-state index is 0.483. The molecule has 0 aromatic heterocycles. The zero-order chi connectivity index (χ0) is 12.9. The quantitative estimate of drug-likeness (QED) is 0.843. The maximum atomic E-state index is 6.55. The molecule has 1 N–H and O–H groups in total. The number of ether oxygens (including phenoxy) is 1. The van der Waals surface area contributed by atoms with E-state index in [1.807, 2.05) is 0 Å². The van der Waals surface area contributed by atoms with Crippen LogP contribution in [0.2, 0.25) is 0 Å². The Kier molecular flexibility index (Phi) is 3.15. The molecule has 2 nitrogen and oxygen atoms in total. The van der Waals surface area contributed by atoms with E-state index in [0.717, 1.165) is 30.8 Å².